The van der Waals surface area contributed by atoms with Crippen molar-refractivity contribution in [3.8, 4) is 0 Å². The largest absolute Gasteiger partial charge is 0.390 e. The van der Waals surface area contributed by atoms with E-state index >= 15 is 0 Å². The molecule has 2 heterocycles. The minimum absolute atomic E-state index is 0.0175. The third kappa shape index (κ3) is 1.40. The molecule has 2 rings (SSSR count). The van der Waals surface area contributed by atoms with Gasteiger partial charge in [-0.25, -0.2) is 0 Å². The number of rotatable bonds is 3. The molecule has 0 saturated carbocycles. The molecule has 0 aromatic carbocycles. The van der Waals surface area contributed by atoms with Crippen molar-refractivity contribution in [2.24, 2.45) is 5.92 Å². The van der Waals surface area contributed by atoms with Gasteiger partial charge < -0.3 is 9.84 Å². The van der Waals surface area contributed by atoms with Gasteiger partial charge in [-0.15, -0.1) is 0 Å². The monoisotopic (exact) mass is 198 g/mol. The Morgan fingerprint density at radius 2 is 2.14 bits per heavy atom. The minimum atomic E-state index is -0.222. The second kappa shape index (κ2) is 3.21. The number of aliphatic hydroxyl groups is 1. The molecule has 2 heteroatoms. The van der Waals surface area contributed by atoms with E-state index in [1.165, 1.54) is 0 Å². The fraction of sp³-hybridized carbons (Fsp3) is 1.00. The van der Waals surface area contributed by atoms with E-state index in [1.807, 2.05) is 0 Å². The maximum Gasteiger partial charge on any atom is 0.0947 e. The van der Waals surface area contributed by atoms with Crippen LogP contribution in [0, 0.1) is 5.92 Å². The van der Waals surface area contributed by atoms with Crippen LogP contribution in [-0.4, -0.2) is 22.4 Å². The van der Waals surface area contributed by atoms with Crippen LogP contribution in [0.3, 0.4) is 0 Å². The number of hydrogen-bond acceptors (Lipinski definition) is 2. The van der Waals surface area contributed by atoms with E-state index in [1.54, 1.807) is 0 Å². The predicted molar refractivity (Wildman–Crippen MR) is 56.2 cm³/mol. The van der Waals surface area contributed by atoms with Crippen LogP contribution in [-0.2, 0) is 4.74 Å². The smallest absolute Gasteiger partial charge is 0.0947 e. The molecular formula is C12H22O2. The molecule has 0 aromatic rings. The lowest BCUT2D eigenvalue weighted by molar-refractivity contribution is -0.0828. The van der Waals surface area contributed by atoms with E-state index < -0.39 is 0 Å². The zero-order valence-electron chi connectivity index (χ0n) is 9.55. The highest BCUT2D eigenvalue weighted by atomic mass is 16.6. The van der Waals surface area contributed by atoms with E-state index in [0.717, 1.165) is 32.1 Å². The zero-order valence-corrected chi connectivity index (χ0v) is 9.55. The average molecular weight is 198 g/mol. The van der Waals surface area contributed by atoms with Crippen molar-refractivity contribution < 1.29 is 9.84 Å². The first-order valence-electron chi connectivity index (χ1n) is 5.90. The molecule has 0 radical (unpaired) electrons. The average Bonchev–Trinajstić information content (AvgIpc) is 2.55. The van der Waals surface area contributed by atoms with Crippen LogP contribution < -0.4 is 0 Å². The molecule has 2 bridgehead atoms. The van der Waals surface area contributed by atoms with Gasteiger partial charge in [0.25, 0.3) is 0 Å². The maximum atomic E-state index is 10.0. The van der Waals surface area contributed by atoms with Gasteiger partial charge in [-0.3, -0.25) is 0 Å². The maximum absolute atomic E-state index is 10.0. The molecule has 82 valence electrons. The number of hydrogen-bond donors (Lipinski definition) is 1. The van der Waals surface area contributed by atoms with Gasteiger partial charge in [0.2, 0.25) is 0 Å². The number of ether oxygens (including phenoxy) is 1. The van der Waals surface area contributed by atoms with Gasteiger partial charge in [0, 0.05) is 6.42 Å². The summed E-state index contributed by atoms with van der Waals surface area (Å²) in [5.41, 5.74) is -0.168. The summed E-state index contributed by atoms with van der Waals surface area (Å²) in [7, 11) is 0. The lowest BCUT2D eigenvalue weighted by atomic mass is 9.76. The second-order valence-corrected chi connectivity index (χ2v) is 5.52. The highest BCUT2D eigenvalue weighted by molar-refractivity contribution is 5.09. The summed E-state index contributed by atoms with van der Waals surface area (Å²) in [4.78, 5) is 0. The van der Waals surface area contributed by atoms with Crippen molar-refractivity contribution in [1.29, 1.82) is 0 Å². The third-order valence-electron chi connectivity index (χ3n) is 3.97. The van der Waals surface area contributed by atoms with Crippen LogP contribution in [0.1, 0.15) is 52.9 Å². The Hall–Kier alpha value is -0.0800. The lowest BCUT2D eigenvalue weighted by Gasteiger charge is -2.28. The van der Waals surface area contributed by atoms with Gasteiger partial charge in [-0.1, -0.05) is 20.8 Å². The molecule has 0 spiro atoms. The van der Waals surface area contributed by atoms with Crippen molar-refractivity contribution in [2.75, 3.05) is 0 Å². The summed E-state index contributed by atoms with van der Waals surface area (Å²) in [5.74, 6) is 0.660. The van der Waals surface area contributed by atoms with Crippen LogP contribution in [0.25, 0.3) is 0 Å². The molecule has 2 aliphatic rings. The Morgan fingerprint density at radius 3 is 2.57 bits per heavy atom. The fourth-order valence-corrected chi connectivity index (χ4v) is 3.35. The second-order valence-electron chi connectivity index (χ2n) is 5.52. The highest BCUT2D eigenvalue weighted by Crippen LogP contribution is 2.54. The van der Waals surface area contributed by atoms with Crippen molar-refractivity contribution in [2.45, 2.75) is 70.2 Å². The first kappa shape index (κ1) is 10.4. The lowest BCUT2D eigenvalue weighted by Crippen LogP contribution is -2.37. The summed E-state index contributed by atoms with van der Waals surface area (Å²) in [5, 5.41) is 10.0. The highest BCUT2D eigenvalue weighted by Gasteiger charge is 2.59. The van der Waals surface area contributed by atoms with Crippen molar-refractivity contribution in [1.82, 2.24) is 0 Å². The van der Waals surface area contributed by atoms with Crippen LogP contribution in [0.4, 0.5) is 0 Å². The fourth-order valence-electron chi connectivity index (χ4n) is 3.35. The molecule has 3 unspecified atom stereocenters. The summed E-state index contributed by atoms with van der Waals surface area (Å²) in [6.07, 6.45) is 4.90. The van der Waals surface area contributed by atoms with Gasteiger partial charge in [-0.2, -0.15) is 0 Å². The van der Waals surface area contributed by atoms with E-state index in [9.17, 15) is 5.11 Å². The SMILES string of the molecule is CCC12CCC(CC(C)C)(CC1O)O2. The zero-order chi connectivity index (χ0) is 10.4. The predicted octanol–water partition coefficient (Wildman–Crippen LogP) is 2.50. The standard InChI is InChI=1S/C12H22O2/c1-4-12-6-5-11(14-12,7-9(2)3)8-10(12)13/h9-10,13H,4-8H2,1-3H3. The van der Waals surface area contributed by atoms with E-state index in [2.05, 4.69) is 20.8 Å². The molecule has 2 aliphatic heterocycles. The van der Waals surface area contributed by atoms with Gasteiger partial charge >= 0.3 is 0 Å². The molecule has 0 aliphatic carbocycles. The van der Waals surface area contributed by atoms with E-state index in [0.29, 0.717) is 5.92 Å². The molecule has 1 N–H and O–H groups in total. The topological polar surface area (TPSA) is 29.5 Å². The molecule has 3 atom stereocenters. The Labute approximate surface area is 86.6 Å². The first-order chi connectivity index (χ1) is 6.52. The molecule has 14 heavy (non-hydrogen) atoms. The summed E-state index contributed by atoms with van der Waals surface area (Å²) in [6, 6.07) is 0. The first-order valence-corrected chi connectivity index (χ1v) is 5.90. The molecule has 2 fully saturated rings. The van der Waals surface area contributed by atoms with Crippen LogP contribution in [0.15, 0.2) is 0 Å². The number of aliphatic hydroxyl groups excluding tert-OH is 1. The molecule has 2 nitrogen and oxygen atoms in total. The van der Waals surface area contributed by atoms with Crippen LogP contribution in [0.2, 0.25) is 0 Å². The van der Waals surface area contributed by atoms with Crippen LogP contribution in [0.5, 0.6) is 0 Å². The molecule has 0 amide bonds. The molecular weight excluding hydrogens is 176 g/mol. The van der Waals surface area contributed by atoms with Gasteiger partial charge in [0.1, 0.15) is 0 Å². The van der Waals surface area contributed by atoms with E-state index in [-0.39, 0.29) is 17.3 Å². The van der Waals surface area contributed by atoms with Gasteiger partial charge in [0.05, 0.1) is 17.3 Å². The van der Waals surface area contributed by atoms with Crippen LogP contribution >= 0.6 is 0 Å². The number of fused-ring (bicyclic) bond motifs is 2. The normalized spacial score (nSPS) is 46.5. The van der Waals surface area contributed by atoms with Crippen molar-refractivity contribution in [3.63, 3.8) is 0 Å². The summed E-state index contributed by atoms with van der Waals surface area (Å²) >= 11 is 0. The molecule has 2 saturated heterocycles. The van der Waals surface area contributed by atoms with Crippen molar-refractivity contribution >= 4 is 0 Å². The quantitative estimate of drug-likeness (QED) is 0.755. The Bertz CT molecular complexity index is 226. The third-order valence-corrected chi connectivity index (χ3v) is 3.97. The Kier molecular flexibility index (Phi) is 2.39. The summed E-state index contributed by atoms with van der Waals surface area (Å²) < 4.78 is 6.17. The summed E-state index contributed by atoms with van der Waals surface area (Å²) in [6.45, 7) is 6.59. The van der Waals surface area contributed by atoms with Gasteiger partial charge in [0.15, 0.2) is 0 Å². The minimum Gasteiger partial charge on any atom is -0.390 e. The van der Waals surface area contributed by atoms with E-state index in [4.69, 9.17) is 4.74 Å². The van der Waals surface area contributed by atoms with Gasteiger partial charge in [-0.05, 0) is 31.6 Å². The molecule has 0 aromatic heterocycles. The van der Waals surface area contributed by atoms with Crippen molar-refractivity contribution in [3.05, 3.63) is 0 Å². The Balaban J connectivity index is 2.13. The Morgan fingerprint density at radius 1 is 1.43 bits per heavy atom.